The molecule has 1 N–H and O–H groups in total. The third-order valence-electron chi connectivity index (χ3n) is 4.09. The second-order valence-corrected chi connectivity index (χ2v) is 5.99. The quantitative estimate of drug-likeness (QED) is 0.690. The molecule has 0 saturated heterocycles. The Kier molecular flexibility index (Phi) is 7.98. The number of rotatable bonds is 9. The third-order valence-corrected chi connectivity index (χ3v) is 4.09. The topological polar surface area (TPSA) is 67.9 Å². The van der Waals surface area contributed by atoms with Crippen molar-refractivity contribution >= 4 is 17.5 Å². The summed E-state index contributed by atoms with van der Waals surface area (Å²) in [4.78, 5) is 26.8. The average molecular weight is 369 g/mol. The molecule has 0 atom stereocenters. The number of benzene rings is 2. The van der Waals surface area contributed by atoms with E-state index >= 15 is 0 Å². The van der Waals surface area contributed by atoms with Crippen molar-refractivity contribution < 1.29 is 19.1 Å². The molecule has 0 saturated carbocycles. The lowest BCUT2D eigenvalue weighted by Crippen LogP contribution is -2.34. The largest absolute Gasteiger partial charge is 0.383 e. The smallest absolute Gasteiger partial charge is 0.258 e. The predicted octanol–water partition coefficient (Wildman–Crippen LogP) is 2.46. The SMILES string of the molecule is COCCNC(=O)c1ccc(N(CCOC)C(=O)c2cc[c]cc2)cc1C. The molecule has 0 fully saturated rings. The second kappa shape index (κ2) is 10.4. The minimum Gasteiger partial charge on any atom is -0.383 e. The first-order valence-corrected chi connectivity index (χ1v) is 8.73. The van der Waals surface area contributed by atoms with Gasteiger partial charge in [0.2, 0.25) is 0 Å². The fourth-order valence-corrected chi connectivity index (χ4v) is 2.65. The van der Waals surface area contributed by atoms with Crippen LogP contribution in [-0.2, 0) is 9.47 Å². The van der Waals surface area contributed by atoms with E-state index in [1.165, 1.54) is 0 Å². The number of hydrogen-bond donors (Lipinski definition) is 1. The maximum atomic E-state index is 12.9. The van der Waals surface area contributed by atoms with Gasteiger partial charge in [-0.15, -0.1) is 0 Å². The molecule has 2 aromatic carbocycles. The zero-order valence-corrected chi connectivity index (χ0v) is 16.0. The Morgan fingerprint density at radius 2 is 1.78 bits per heavy atom. The normalized spacial score (nSPS) is 10.5. The first kappa shape index (κ1) is 20.6. The monoisotopic (exact) mass is 369 g/mol. The van der Waals surface area contributed by atoms with Crippen LogP contribution in [0.4, 0.5) is 5.69 Å². The summed E-state index contributed by atoms with van der Waals surface area (Å²) in [6.07, 6.45) is 0. The number of ether oxygens (including phenoxy) is 2. The third kappa shape index (κ3) is 5.64. The van der Waals surface area contributed by atoms with Crippen molar-refractivity contribution in [1.82, 2.24) is 5.32 Å². The number of aryl methyl sites for hydroxylation is 1. The first-order chi connectivity index (χ1) is 13.1. The number of amides is 2. The second-order valence-electron chi connectivity index (χ2n) is 5.99. The van der Waals surface area contributed by atoms with E-state index in [1.54, 1.807) is 55.5 Å². The summed E-state index contributed by atoms with van der Waals surface area (Å²) in [5.41, 5.74) is 2.65. The van der Waals surface area contributed by atoms with Gasteiger partial charge in [-0.25, -0.2) is 0 Å². The van der Waals surface area contributed by atoms with Crippen LogP contribution in [-0.4, -0.2) is 52.3 Å². The zero-order valence-electron chi connectivity index (χ0n) is 16.0. The summed E-state index contributed by atoms with van der Waals surface area (Å²) in [6.45, 7) is 3.57. The van der Waals surface area contributed by atoms with E-state index in [4.69, 9.17) is 9.47 Å². The van der Waals surface area contributed by atoms with Gasteiger partial charge >= 0.3 is 0 Å². The average Bonchev–Trinajstić information content (AvgIpc) is 2.69. The van der Waals surface area contributed by atoms with Crippen molar-refractivity contribution in [2.45, 2.75) is 6.92 Å². The predicted molar refractivity (Wildman–Crippen MR) is 104 cm³/mol. The summed E-state index contributed by atoms with van der Waals surface area (Å²) in [7, 11) is 3.18. The summed E-state index contributed by atoms with van der Waals surface area (Å²) in [6, 6.07) is 15.1. The standard InChI is InChI=1S/C21H25N2O4/c1-16-15-18(9-10-19(16)20(24)22-11-13-26-2)23(12-14-27-3)21(25)17-7-5-4-6-8-17/h5-10,15H,11-14H2,1-3H3,(H,22,24). The highest BCUT2D eigenvalue weighted by molar-refractivity contribution is 6.06. The molecule has 27 heavy (non-hydrogen) atoms. The van der Waals surface area contributed by atoms with E-state index in [0.717, 1.165) is 11.3 Å². The van der Waals surface area contributed by atoms with Gasteiger partial charge in [0.15, 0.2) is 0 Å². The van der Waals surface area contributed by atoms with Gasteiger partial charge in [0.25, 0.3) is 11.8 Å². The molecule has 0 bridgehead atoms. The van der Waals surface area contributed by atoms with Gasteiger partial charge in [-0.05, 0) is 48.9 Å². The van der Waals surface area contributed by atoms with Crippen LogP contribution >= 0.6 is 0 Å². The van der Waals surface area contributed by atoms with Crippen LogP contribution in [0.3, 0.4) is 0 Å². The molecule has 2 rings (SSSR count). The first-order valence-electron chi connectivity index (χ1n) is 8.73. The van der Waals surface area contributed by atoms with Gasteiger partial charge in [0.1, 0.15) is 0 Å². The summed E-state index contributed by atoms with van der Waals surface area (Å²) in [5, 5.41) is 2.80. The van der Waals surface area contributed by atoms with Gasteiger partial charge in [0, 0.05) is 44.1 Å². The van der Waals surface area contributed by atoms with Gasteiger partial charge in [-0.3, -0.25) is 9.59 Å². The van der Waals surface area contributed by atoms with Crippen LogP contribution in [0.25, 0.3) is 0 Å². The molecule has 0 aliphatic carbocycles. The minimum atomic E-state index is -0.163. The molecule has 6 nitrogen and oxygen atoms in total. The van der Waals surface area contributed by atoms with Crippen molar-refractivity contribution in [2.75, 3.05) is 45.4 Å². The molecule has 0 aliphatic rings. The molecule has 0 unspecified atom stereocenters. The number of nitrogens with one attached hydrogen (secondary N) is 1. The molecule has 0 spiro atoms. The van der Waals surface area contributed by atoms with Crippen LogP contribution in [0.5, 0.6) is 0 Å². The Morgan fingerprint density at radius 1 is 1.07 bits per heavy atom. The molecule has 143 valence electrons. The number of methoxy groups -OCH3 is 2. The fourth-order valence-electron chi connectivity index (χ4n) is 2.65. The maximum absolute atomic E-state index is 12.9. The van der Waals surface area contributed by atoms with Crippen molar-refractivity contribution in [3.05, 3.63) is 65.2 Å². The lowest BCUT2D eigenvalue weighted by atomic mass is 10.1. The van der Waals surface area contributed by atoms with Crippen molar-refractivity contribution in [2.24, 2.45) is 0 Å². The molecular formula is C21H25N2O4. The lowest BCUT2D eigenvalue weighted by Gasteiger charge is -2.23. The van der Waals surface area contributed by atoms with E-state index in [0.29, 0.717) is 37.4 Å². The summed E-state index contributed by atoms with van der Waals surface area (Å²) >= 11 is 0. The van der Waals surface area contributed by atoms with Gasteiger partial charge in [-0.2, -0.15) is 0 Å². The molecule has 1 radical (unpaired) electrons. The Morgan fingerprint density at radius 3 is 2.41 bits per heavy atom. The number of carbonyl (C=O) groups excluding carboxylic acids is 2. The van der Waals surface area contributed by atoms with Gasteiger partial charge < -0.3 is 19.7 Å². The highest BCUT2D eigenvalue weighted by Crippen LogP contribution is 2.21. The minimum absolute atomic E-state index is 0.127. The van der Waals surface area contributed by atoms with Crippen LogP contribution in [0, 0.1) is 13.0 Å². The van der Waals surface area contributed by atoms with E-state index in [9.17, 15) is 9.59 Å². The molecular weight excluding hydrogens is 344 g/mol. The molecule has 6 heteroatoms. The Labute approximate surface area is 160 Å². The number of hydrogen-bond acceptors (Lipinski definition) is 4. The van der Waals surface area contributed by atoms with Gasteiger partial charge in [-0.1, -0.05) is 12.1 Å². The molecule has 2 amide bonds. The van der Waals surface area contributed by atoms with Crippen molar-refractivity contribution in [3.63, 3.8) is 0 Å². The van der Waals surface area contributed by atoms with E-state index in [-0.39, 0.29) is 11.8 Å². The van der Waals surface area contributed by atoms with E-state index < -0.39 is 0 Å². The summed E-state index contributed by atoms with van der Waals surface area (Å²) in [5.74, 6) is -0.290. The van der Waals surface area contributed by atoms with Crippen LogP contribution in [0.15, 0.2) is 42.5 Å². The Balaban J connectivity index is 2.24. The maximum Gasteiger partial charge on any atom is 0.258 e. The van der Waals surface area contributed by atoms with Gasteiger partial charge in [0.05, 0.1) is 13.2 Å². The highest BCUT2D eigenvalue weighted by Gasteiger charge is 2.19. The number of anilines is 1. The zero-order chi connectivity index (χ0) is 19.6. The Hall–Kier alpha value is -2.70. The highest BCUT2D eigenvalue weighted by atomic mass is 16.5. The van der Waals surface area contributed by atoms with Crippen LogP contribution in [0.2, 0.25) is 0 Å². The molecule has 0 aromatic heterocycles. The Bertz CT molecular complexity index is 762. The number of carbonyl (C=O) groups is 2. The van der Waals surface area contributed by atoms with Crippen LogP contribution in [0.1, 0.15) is 26.3 Å². The molecule has 0 aliphatic heterocycles. The summed E-state index contributed by atoms with van der Waals surface area (Å²) < 4.78 is 10.1. The van der Waals surface area contributed by atoms with Crippen molar-refractivity contribution in [3.8, 4) is 0 Å². The van der Waals surface area contributed by atoms with E-state index in [2.05, 4.69) is 11.4 Å². The van der Waals surface area contributed by atoms with Crippen LogP contribution < -0.4 is 10.2 Å². The molecule has 2 aromatic rings. The fraction of sp³-hybridized carbons (Fsp3) is 0.333. The molecule has 0 heterocycles. The lowest BCUT2D eigenvalue weighted by molar-refractivity contribution is 0.0935. The number of nitrogens with zero attached hydrogens (tertiary/aromatic N) is 1. The van der Waals surface area contributed by atoms with Crippen molar-refractivity contribution in [1.29, 1.82) is 0 Å². The van der Waals surface area contributed by atoms with E-state index in [1.807, 2.05) is 13.0 Å².